The van der Waals surface area contributed by atoms with Crippen LogP contribution in [0.3, 0.4) is 0 Å². The number of para-hydroxylation sites is 1. The number of urea groups is 1. The number of ether oxygens (including phenoxy) is 1. The third-order valence-electron chi connectivity index (χ3n) is 3.52. The van der Waals surface area contributed by atoms with Gasteiger partial charge in [0, 0.05) is 12.7 Å². The molecular weight excluding hydrogens is 252 g/mol. The second kappa shape index (κ2) is 6.98. The predicted octanol–water partition coefficient (Wildman–Crippen LogP) is 2.85. The molecule has 0 bridgehead atoms. The van der Waals surface area contributed by atoms with Crippen molar-refractivity contribution in [1.29, 1.82) is 0 Å². The first-order valence-electron chi connectivity index (χ1n) is 7.03. The van der Waals surface area contributed by atoms with E-state index in [2.05, 4.69) is 17.6 Å². The number of nitrogens with one attached hydrogen (secondary N) is 2. The molecule has 2 amide bonds. The van der Waals surface area contributed by atoms with Crippen LogP contribution in [-0.2, 0) is 6.42 Å². The fraction of sp³-hybridized carbons (Fsp3) is 0.438. The topological polar surface area (TPSA) is 50.4 Å². The van der Waals surface area contributed by atoms with Crippen molar-refractivity contribution in [3.8, 4) is 5.75 Å². The first-order chi connectivity index (χ1) is 9.70. The summed E-state index contributed by atoms with van der Waals surface area (Å²) in [6, 6.07) is 7.69. The van der Waals surface area contributed by atoms with Crippen molar-refractivity contribution in [2.45, 2.75) is 26.2 Å². The molecule has 1 aromatic carbocycles. The largest absolute Gasteiger partial charge is 0.496 e. The quantitative estimate of drug-likeness (QED) is 0.838. The number of hydrogen-bond acceptors (Lipinski definition) is 2. The molecule has 0 aliphatic heterocycles. The molecule has 0 unspecified atom stereocenters. The van der Waals surface area contributed by atoms with E-state index in [1.54, 1.807) is 7.11 Å². The van der Waals surface area contributed by atoms with Gasteiger partial charge < -0.3 is 15.4 Å². The second-order valence-corrected chi connectivity index (χ2v) is 5.12. The molecule has 2 N–H and O–H groups in total. The molecule has 0 aromatic heterocycles. The van der Waals surface area contributed by atoms with Crippen molar-refractivity contribution in [3.05, 3.63) is 41.6 Å². The summed E-state index contributed by atoms with van der Waals surface area (Å²) in [5, 5.41) is 5.62. The Hall–Kier alpha value is -1.97. The van der Waals surface area contributed by atoms with Crippen LogP contribution in [0.1, 0.15) is 25.3 Å². The maximum absolute atomic E-state index is 11.6. The number of allylic oxidation sites excluding steroid dienone is 1. The molecule has 1 aromatic rings. The number of amides is 2. The Kier molecular flexibility index (Phi) is 5.04. The summed E-state index contributed by atoms with van der Waals surface area (Å²) in [5.74, 6) is 1.54. The van der Waals surface area contributed by atoms with Gasteiger partial charge in [-0.2, -0.15) is 0 Å². The normalized spacial score (nSPS) is 14.8. The van der Waals surface area contributed by atoms with Crippen LogP contribution in [0.2, 0.25) is 0 Å². The highest BCUT2D eigenvalue weighted by atomic mass is 16.5. The Morgan fingerprint density at radius 1 is 1.40 bits per heavy atom. The van der Waals surface area contributed by atoms with Crippen LogP contribution in [-0.4, -0.2) is 19.7 Å². The molecule has 108 valence electrons. The Labute approximate surface area is 120 Å². The van der Waals surface area contributed by atoms with Crippen LogP contribution in [0.5, 0.6) is 5.75 Å². The summed E-state index contributed by atoms with van der Waals surface area (Å²) in [7, 11) is 1.66. The van der Waals surface area contributed by atoms with Crippen LogP contribution in [0.25, 0.3) is 0 Å². The summed E-state index contributed by atoms with van der Waals surface area (Å²) in [4.78, 5) is 11.6. The monoisotopic (exact) mass is 274 g/mol. The first kappa shape index (κ1) is 14.4. The number of hydrogen-bond donors (Lipinski definition) is 2. The first-order valence-corrected chi connectivity index (χ1v) is 7.03. The zero-order valence-electron chi connectivity index (χ0n) is 12.1. The lowest BCUT2D eigenvalue weighted by Gasteiger charge is -2.09. The van der Waals surface area contributed by atoms with Gasteiger partial charge in [-0.3, -0.25) is 0 Å². The number of carbonyl (C=O) groups excluding carboxylic acids is 1. The van der Waals surface area contributed by atoms with Crippen LogP contribution in [0.15, 0.2) is 36.0 Å². The van der Waals surface area contributed by atoms with E-state index in [1.165, 1.54) is 18.4 Å². The predicted molar refractivity (Wildman–Crippen MR) is 79.7 cm³/mol. The molecule has 0 radical (unpaired) electrons. The number of benzene rings is 1. The summed E-state index contributed by atoms with van der Waals surface area (Å²) in [6.07, 6.45) is 5.07. The third-order valence-corrected chi connectivity index (χ3v) is 3.52. The zero-order chi connectivity index (χ0) is 14.4. The van der Waals surface area contributed by atoms with E-state index in [0.29, 0.717) is 12.5 Å². The maximum Gasteiger partial charge on any atom is 0.318 e. The van der Waals surface area contributed by atoms with Gasteiger partial charge in [0.2, 0.25) is 0 Å². The summed E-state index contributed by atoms with van der Waals surface area (Å²) in [6.45, 7) is 2.65. The lowest BCUT2D eigenvalue weighted by Crippen LogP contribution is -2.33. The van der Waals surface area contributed by atoms with E-state index in [0.717, 1.165) is 17.7 Å². The Morgan fingerprint density at radius 3 is 2.85 bits per heavy atom. The van der Waals surface area contributed by atoms with Gasteiger partial charge in [0.05, 0.1) is 7.11 Å². The molecule has 20 heavy (non-hydrogen) atoms. The van der Waals surface area contributed by atoms with Crippen molar-refractivity contribution in [3.63, 3.8) is 0 Å². The van der Waals surface area contributed by atoms with Gasteiger partial charge in [0.25, 0.3) is 0 Å². The smallest absolute Gasteiger partial charge is 0.318 e. The fourth-order valence-electron chi connectivity index (χ4n) is 2.11. The highest BCUT2D eigenvalue weighted by Crippen LogP contribution is 2.35. The van der Waals surface area contributed by atoms with E-state index >= 15 is 0 Å². The summed E-state index contributed by atoms with van der Waals surface area (Å²) < 4.78 is 5.28. The van der Waals surface area contributed by atoms with Crippen LogP contribution < -0.4 is 15.4 Å². The molecule has 1 saturated carbocycles. The molecule has 0 atom stereocenters. The van der Waals surface area contributed by atoms with E-state index in [1.807, 2.05) is 30.5 Å². The van der Waals surface area contributed by atoms with Crippen LogP contribution in [0.4, 0.5) is 4.79 Å². The molecule has 1 aliphatic carbocycles. The standard InChI is InChI=1S/C16H22N2O2/c1-12(13-7-8-13)11-18-16(19)17-10-9-14-5-3-4-6-15(14)20-2/h3-6,11,13H,7-10H2,1-2H3,(H2,17,18,19)/b12-11+. The average molecular weight is 274 g/mol. The van der Waals surface area contributed by atoms with Gasteiger partial charge in [-0.25, -0.2) is 4.79 Å². The van der Waals surface area contributed by atoms with E-state index in [9.17, 15) is 4.79 Å². The lowest BCUT2D eigenvalue weighted by atomic mass is 10.1. The Balaban J connectivity index is 1.72. The summed E-state index contributed by atoms with van der Waals surface area (Å²) in [5.41, 5.74) is 2.35. The van der Waals surface area contributed by atoms with Crippen molar-refractivity contribution >= 4 is 6.03 Å². The lowest BCUT2D eigenvalue weighted by molar-refractivity contribution is 0.244. The molecule has 1 fully saturated rings. The Morgan fingerprint density at radius 2 is 2.15 bits per heavy atom. The van der Waals surface area contributed by atoms with E-state index < -0.39 is 0 Å². The SMILES string of the molecule is COc1ccccc1CCNC(=O)N/C=C(\C)C1CC1. The number of methoxy groups -OCH3 is 1. The van der Waals surface area contributed by atoms with Gasteiger partial charge in [0.15, 0.2) is 0 Å². The van der Waals surface area contributed by atoms with Crippen molar-refractivity contribution < 1.29 is 9.53 Å². The van der Waals surface area contributed by atoms with Crippen LogP contribution in [0, 0.1) is 5.92 Å². The zero-order valence-corrected chi connectivity index (χ0v) is 12.1. The molecule has 0 spiro atoms. The minimum absolute atomic E-state index is 0.153. The molecule has 1 aliphatic rings. The number of rotatable bonds is 6. The molecule has 0 saturated heterocycles. The molecule has 0 heterocycles. The molecule has 2 rings (SSSR count). The van der Waals surface area contributed by atoms with Crippen molar-refractivity contribution in [1.82, 2.24) is 10.6 Å². The van der Waals surface area contributed by atoms with Gasteiger partial charge in [-0.15, -0.1) is 0 Å². The molecular formula is C16H22N2O2. The third kappa shape index (κ3) is 4.30. The highest BCUT2D eigenvalue weighted by Gasteiger charge is 2.22. The van der Waals surface area contributed by atoms with E-state index in [4.69, 9.17) is 4.74 Å². The molecule has 4 heteroatoms. The fourth-order valence-corrected chi connectivity index (χ4v) is 2.11. The highest BCUT2D eigenvalue weighted by molar-refractivity contribution is 5.75. The van der Waals surface area contributed by atoms with Gasteiger partial charge >= 0.3 is 6.03 Å². The van der Waals surface area contributed by atoms with Crippen LogP contribution >= 0.6 is 0 Å². The maximum atomic E-state index is 11.6. The minimum Gasteiger partial charge on any atom is -0.496 e. The van der Waals surface area contributed by atoms with Gasteiger partial charge in [-0.1, -0.05) is 23.8 Å². The second-order valence-electron chi connectivity index (χ2n) is 5.12. The van der Waals surface area contributed by atoms with Crippen molar-refractivity contribution in [2.24, 2.45) is 5.92 Å². The number of carbonyl (C=O) groups is 1. The summed E-state index contributed by atoms with van der Waals surface area (Å²) >= 11 is 0. The Bertz CT molecular complexity index is 493. The van der Waals surface area contributed by atoms with E-state index in [-0.39, 0.29) is 6.03 Å². The van der Waals surface area contributed by atoms with Gasteiger partial charge in [0.1, 0.15) is 5.75 Å². The minimum atomic E-state index is -0.153. The van der Waals surface area contributed by atoms with Gasteiger partial charge in [-0.05, 0) is 43.7 Å². The molecule has 4 nitrogen and oxygen atoms in total. The average Bonchev–Trinajstić information content (AvgIpc) is 3.30. The van der Waals surface area contributed by atoms with Crippen molar-refractivity contribution in [2.75, 3.05) is 13.7 Å².